The quantitative estimate of drug-likeness (QED) is 0.0649. The maximum atomic E-state index is 13.4. The molecule has 0 saturated carbocycles. The molecule has 1 aromatic carbocycles. The van der Waals surface area contributed by atoms with Crippen molar-refractivity contribution in [3.63, 3.8) is 0 Å². The molecule has 0 aromatic heterocycles. The first-order valence-electron chi connectivity index (χ1n) is 14.1. The third-order valence-electron chi connectivity index (χ3n) is 5.76. The molecule has 0 unspecified atom stereocenters. The number of hydrogen-bond acceptors (Lipinski definition) is 8. The zero-order valence-corrected chi connectivity index (χ0v) is 25.6. The van der Waals surface area contributed by atoms with E-state index in [2.05, 4.69) is 20.9 Å². The van der Waals surface area contributed by atoms with Crippen LogP contribution in [0.25, 0.3) is 0 Å². The molecule has 0 fully saturated rings. The van der Waals surface area contributed by atoms with Gasteiger partial charge >= 0.3 is 18.0 Å². The number of ether oxygens (including phenoxy) is 2. The third-order valence-corrected chi connectivity index (χ3v) is 5.76. The third kappa shape index (κ3) is 16.6. The zero-order chi connectivity index (χ0) is 32.6. The van der Waals surface area contributed by atoms with Crippen LogP contribution in [-0.4, -0.2) is 71.2 Å². The minimum atomic E-state index is -1.27. The Balaban J connectivity index is 3.07. The average Bonchev–Trinajstić information content (AvgIpc) is 2.89. The summed E-state index contributed by atoms with van der Waals surface area (Å²) in [5.41, 5.74) is 10.6. The molecule has 1 rings (SSSR count). The Hall–Kier alpha value is -4.36. The second-order valence-electron chi connectivity index (χ2n) is 11.4. The van der Waals surface area contributed by atoms with Crippen LogP contribution in [0.4, 0.5) is 4.79 Å². The molecule has 3 amide bonds. The van der Waals surface area contributed by atoms with E-state index >= 15 is 0 Å². The lowest BCUT2D eigenvalue weighted by Gasteiger charge is -2.27. The molecule has 0 bridgehead atoms. The van der Waals surface area contributed by atoms with Crippen LogP contribution in [-0.2, 0) is 35.3 Å². The number of carbonyl (C=O) groups is 5. The van der Waals surface area contributed by atoms with Gasteiger partial charge < -0.3 is 42.0 Å². The number of nitrogens with two attached hydrogens (primary N) is 2. The molecule has 0 saturated heterocycles. The topological polar surface area (TPSA) is 225 Å². The molecular weight excluding hydrogens is 560 g/mol. The number of nitrogens with one attached hydrogen (secondary N) is 3. The highest BCUT2D eigenvalue weighted by atomic mass is 16.6. The fourth-order valence-corrected chi connectivity index (χ4v) is 3.82. The molecular formula is C29H46N6O8. The lowest BCUT2D eigenvalue weighted by molar-refractivity contribution is -0.150. The predicted octanol–water partition coefficient (Wildman–Crippen LogP) is 1.56. The van der Waals surface area contributed by atoms with Gasteiger partial charge in [-0.1, -0.05) is 44.2 Å². The Morgan fingerprint density at radius 2 is 1.51 bits per heavy atom. The SMILES string of the molecule is CC(C)C[C@H](NC(=O)[C@H](CCCN=C(N)N)NC(=O)OC(C)(C)C)C(=O)N[C@@H](CCC(=O)O)C(=O)OCc1ccccc1. The lowest BCUT2D eigenvalue weighted by Crippen LogP contribution is -2.56. The van der Waals surface area contributed by atoms with Gasteiger partial charge in [0.15, 0.2) is 5.96 Å². The van der Waals surface area contributed by atoms with E-state index in [1.165, 1.54) is 0 Å². The van der Waals surface area contributed by atoms with Gasteiger partial charge in [0.2, 0.25) is 11.8 Å². The normalized spacial score (nSPS) is 13.2. The fourth-order valence-electron chi connectivity index (χ4n) is 3.82. The Kier molecular flexibility index (Phi) is 15.5. The number of carbonyl (C=O) groups excluding carboxylic acids is 4. The summed E-state index contributed by atoms with van der Waals surface area (Å²) >= 11 is 0. The molecule has 0 aliphatic carbocycles. The summed E-state index contributed by atoms with van der Waals surface area (Å²) in [6.45, 7) is 8.85. The lowest BCUT2D eigenvalue weighted by atomic mass is 10.0. The molecule has 14 heteroatoms. The maximum Gasteiger partial charge on any atom is 0.408 e. The zero-order valence-electron chi connectivity index (χ0n) is 25.6. The van der Waals surface area contributed by atoms with Crippen LogP contribution in [0.2, 0.25) is 0 Å². The number of hydrogen-bond donors (Lipinski definition) is 6. The number of amides is 3. The van der Waals surface area contributed by atoms with Gasteiger partial charge in [-0.25, -0.2) is 9.59 Å². The Morgan fingerprint density at radius 3 is 2.07 bits per heavy atom. The first-order valence-corrected chi connectivity index (χ1v) is 14.1. The summed E-state index contributed by atoms with van der Waals surface area (Å²) in [7, 11) is 0. The van der Waals surface area contributed by atoms with Gasteiger partial charge in [-0.3, -0.25) is 19.4 Å². The monoisotopic (exact) mass is 606 g/mol. The summed E-state index contributed by atoms with van der Waals surface area (Å²) in [5.74, 6) is -3.50. The number of esters is 1. The van der Waals surface area contributed by atoms with Crippen molar-refractivity contribution in [3.05, 3.63) is 35.9 Å². The summed E-state index contributed by atoms with van der Waals surface area (Å²) < 4.78 is 10.6. The number of benzene rings is 1. The number of alkyl carbamates (subject to hydrolysis) is 1. The second kappa shape index (κ2) is 18.2. The number of carboxylic acids is 1. The highest BCUT2D eigenvalue weighted by Gasteiger charge is 2.31. The van der Waals surface area contributed by atoms with Gasteiger partial charge in [0.25, 0.3) is 0 Å². The van der Waals surface area contributed by atoms with E-state index < -0.39 is 60.0 Å². The van der Waals surface area contributed by atoms with Crippen molar-refractivity contribution in [2.45, 2.75) is 97.1 Å². The van der Waals surface area contributed by atoms with Gasteiger partial charge in [-0.05, 0) is 57.9 Å². The van der Waals surface area contributed by atoms with Gasteiger partial charge in [-0.2, -0.15) is 0 Å². The smallest absolute Gasteiger partial charge is 0.408 e. The highest BCUT2D eigenvalue weighted by Crippen LogP contribution is 2.11. The van der Waals surface area contributed by atoms with Crippen LogP contribution < -0.4 is 27.4 Å². The Bertz CT molecular complexity index is 1100. The van der Waals surface area contributed by atoms with Crippen molar-refractivity contribution in [1.29, 1.82) is 0 Å². The van der Waals surface area contributed by atoms with E-state index in [1.807, 2.05) is 19.9 Å². The second-order valence-corrected chi connectivity index (χ2v) is 11.4. The van der Waals surface area contributed by atoms with Crippen molar-refractivity contribution in [2.75, 3.05) is 6.54 Å². The van der Waals surface area contributed by atoms with E-state index in [4.69, 9.17) is 26.0 Å². The Morgan fingerprint density at radius 1 is 0.907 bits per heavy atom. The maximum absolute atomic E-state index is 13.4. The molecule has 1 aromatic rings. The number of aliphatic carboxylic acids is 1. The van der Waals surface area contributed by atoms with Crippen LogP contribution >= 0.6 is 0 Å². The van der Waals surface area contributed by atoms with Crippen LogP contribution in [0.1, 0.15) is 72.3 Å². The minimum absolute atomic E-state index is 0.0577. The van der Waals surface area contributed by atoms with Crippen LogP contribution in [0.15, 0.2) is 35.3 Å². The van der Waals surface area contributed by atoms with E-state index in [0.717, 1.165) is 0 Å². The first-order chi connectivity index (χ1) is 20.1. The van der Waals surface area contributed by atoms with Crippen molar-refractivity contribution < 1.29 is 38.6 Å². The van der Waals surface area contributed by atoms with Gasteiger partial charge in [0, 0.05) is 13.0 Å². The standard InChI is InChI=1S/C29H46N6O8/c1-18(2)16-22(34-24(38)20(12-9-15-32-27(30)31)35-28(41)43-29(3,4)5)25(39)33-21(13-14-23(36)37)26(40)42-17-19-10-7-6-8-11-19/h6-8,10-11,18,20-22H,9,12-17H2,1-5H3,(H,33,39)(H,34,38)(H,35,41)(H,36,37)(H4,30,31,32)/t20-,21-,22-/m0/s1. The van der Waals surface area contributed by atoms with Crippen LogP contribution in [0, 0.1) is 5.92 Å². The van der Waals surface area contributed by atoms with Gasteiger partial charge in [0.05, 0.1) is 0 Å². The number of nitrogens with zero attached hydrogens (tertiary/aromatic N) is 1. The summed E-state index contributed by atoms with van der Waals surface area (Å²) in [4.78, 5) is 67.2. The molecule has 43 heavy (non-hydrogen) atoms. The van der Waals surface area contributed by atoms with Crippen molar-refractivity contribution in [2.24, 2.45) is 22.4 Å². The Labute approximate surface area is 252 Å². The van der Waals surface area contributed by atoms with Crippen LogP contribution in [0.5, 0.6) is 0 Å². The van der Waals surface area contributed by atoms with Crippen molar-refractivity contribution in [3.8, 4) is 0 Å². The average molecular weight is 607 g/mol. The van der Waals surface area contributed by atoms with E-state index in [0.29, 0.717) is 12.0 Å². The molecule has 0 radical (unpaired) electrons. The molecule has 8 N–H and O–H groups in total. The van der Waals surface area contributed by atoms with Gasteiger partial charge in [-0.15, -0.1) is 0 Å². The molecule has 240 valence electrons. The number of carboxylic acid groups (broad SMARTS) is 1. The van der Waals surface area contributed by atoms with E-state index in [9.17, 15) is 24.0 Å². The summed E-state index contributed by atoms with van der Waals surface area (Å²) in [5, 5.41) is 16.9. The number of guanidine groups is 1. The molecule has 14 nitrogen and oxygen atoms in total. The van der Waals surface area contributed by atoms with E-state index in [1.54, 1.807) is 45.0 Å². The highest BCUT2D eigenvalue weighted by molar-refractivity contribution is 5.93. The number of aliphatic imine (C=N–C) groups is 1. The summed E-state index contributed by atoms with van der Waals surface area (Å²) in [6, 6.07) is 5.40. The van der Waals surface area contributed by atoms with Crippen LogP contribution in [0.3, 0.4) is 0 Å². The van der Waals surface area contributed by atoms with Gasteiger partial charge in [0.1, 0.15) is 30.3 Å². The molecule has 0 aliphatic heterocycles. The molecule has 3 atom stereocenters. The summed E-state index contributed by atoms with van der Waals surface area (Å²) in [6.07, 6.45) is -0.790. The van der Waals surface area contributed by atoms with Crippen molar-refractivity contribution >= 4 is 35.8 Å². The number of rotatable bonds is 17. The fraction of sp³-hybridized carbons (Fsp3) is 0.586. The molecule has 0 heterocycles. The largest absolute Gasteiger partial charge is 0.481 e. The molecule has 0 aliphatic rings. The van der Waals surface area contributed by atoms with Crippen molar-refractivity contribution in [1.82, 2.24) is 16.0 Å². The molecule has 0 spiro atoms. The van der Waals surface area contributed by atoms with E-state index in [-0.39, 0.29) is 44.3 Å². The first kappa shape index (κ1) is 36.7. The predicted molar refractivity (Wildman–Crippen MR) is 159 cm³/mol. The minimum Gasteiger partial charge on any atom is -0.481 e.